The van der Waals surface area contributed by atoms with Gasteiger partial charge in [-0.25, -0.2) is 4.98 Å². The van der Waals surface area contributed by atoms with Gasteiger partial charge in [0.05, 0.1) is 30.0 Å². The second-order valence-electron chi connectivity index (χ2n) is 8.18. The van der Waals surface area contributed by atoms with Gasteiger partial charge in [-0.1, -0.05) is 29.5 Å². The average molecular weight is 536 g/mol. The third-order valence-electron chi connectivity index (χ3n) is 5.70. The fourth-order valence-corrected chi connectivity index (χ4v) is 5.85. The molecule has 1 fully saturated rings. The summed E-state index contributed by atoms with van der Waals surface area (Å²) in [5.41, 5.74) is 0.911. The molecule has 0 radical (unpaired) electrons. The number of aromatic nitrogens is 1. The van der Waals surface area contributed by atoms with Crippen LogP contribution in [0.2, 0.25) is 0 Å². The van der Waals surface area contributed by atoms with E-state index in [2.05, 4.69) is 17.0 Å². The molecule has 0 atom stereocenters. The molecule has 1 aromatic heterocycles. The molecule has 0 N–H and O–H groups in total. The van der Waals surface area contributed by atoms with Crippen LogP contribution in [0.15, 0.2) is 53.4 Å². The largest absolute Gasteiger partial charge is 0.494 e. The van der Waals surface area contributed by atoms with Crippen LogP contribution >= 0.6 is 35.5 Å². The minimum absolute atomic E-state index is 0. The lowest BCUT2D eigenvalue weighted by Crippen LogP contribution is -2.39. The van der Waals surface area contributed by atoms with Crippen LogP contribution in [0.25, 0.3) is 10.2 Å². The number of nitrogens with zero attached hydrogens (tertiary/aromatic N) is 3. The van der Waals surface area contributed by atoms with Crippen molar-refractivity contribution in [2.45, 2.75) is 31.1 Å². The van der Waals surface area contributed by atoms with Crippen LogP contribution in [0.5, 0.6) is 5.75 Å². The minimum atomic E-state index is 0. The summed E-state index contributed by atoms with van der Waals surface area (Å²) in [6, 6.07) is 16.3. The van der Waals surface area contributed by atoms with E-state index in [0.717, 1.165) is 72.5 Å². The summed E-state index contributed by atoms with van der Waals surface area (Å²) in [7, 11) is 0. The maximum absolute atomic E-state index is 13.3. The van der Waals surface area contributed by atoms with Gasteiger partial charge < -0.3 is 9.47 Å². The third-order valence-corrected chi connectivity index (χ3v) is 7.84. The molecular weight excluding hydrogens is 502 g/mol. The van der Waals surface area contributed by atoms with E-state index in [1.165, 1.54) is 4.90 Å². The summed E-state index contributed by atoms with van der Waals surface area (Å²) in [6.45, 7) is 7.77. The Kier molecular flexibility index (Phi) is 11.6. The first-order chi connectivity index (χ1) is 16.7. The van der Waals surface area contributed by atoms with E-state index >= 15 is 0 Å². The van der Waals surface area contributed by atoms with Crippen LogP contribution in [0.3, 0.4) is 0 Å². The number of carbonyl (C=O) groups excluding carboxylic acids is 1. The van der Waals surface area contributed by atoms with Gasteiger partial charge in [0.15, 0.2) is 5.13 Å². The number of anilines is 1. The molecule has 0 bridgehead atoms. The topological polar surface area (TPSA) is 54.9 Å². The van der Waals surface area contributed by atoms with E-state index in [1.54, 1.807) is 23.1 Å². The number of thioether (sulfide) groups is 1. The number of hydrogen-bond donors (Lipinski definition) is 0. The van der Waals surface area contributed by atoms with Crippen molar-refractivity contribution in [1.82, 2.24) is 9.88 Å². The SMILES string of the molecule is CCOc1ccc2nc(N(CCCN3CCOCC3)C(=O)CCCSc3ccccc3)sc2c1.Cl. The normalized spacial score (nSPS) is 14.0. The highest BCUT2D eigenvalue weighted by molar-refractivity contribution is 7.99. The molecule has 3 aromatic rings. The Morgan fingerprint density at radius 1 is 1.17 bits per heavy atom. The summed E-state index contributed by atoms with van der Waals surface area (Å²) < 4.78 is 12.1. The molecule has 1 aliphatic rings. The predicted octanol–water partition coefficient (Wildman–Crippen LogP) is 5.74. The standard InChI is InChI=1S/C26H33N3O3S2.ClH/c1-2-32-21-11-12-23-24(20-21)34-26(27-23)29(14-7-13-28-15-17-31-18-16-28)25(30)10-6-19-33-22-8-4-3-5-9-22;/h3-5,8-9,11-12,20H,2,6-7,10,13-19H2,1H3;1H. The number of carbonyl (C=O) groups is 1. The fourth-order valence-electron chi connectivity index (χ4n) is 3.93. The monoisotopic (exact) mass is 535 g/mol. The van der Waals surface area contributed by atoms with Crippen LogP contribution < -0.4 is 9.64 Å². The van der Waals surface area contributed by atoms with Gasteiger partial charge in [0.25, 0.3) is 0 Å². The zero-order valence-corrected chi connectivity index (χ0v) is 22.6. The van der Waals surface area contributed by atoms with Crippen LogP contribution in [-0.2, 0) is 9.53 Å². The van der Waals surface area contributed by atoms with Crippen molar-refractivity contribution in [3.8, 4) is 5.75 Å². The van der Waals surface area contributed by atoms with Crippen LogP contribution in [0, 0.1) is 0 Å². The number of hydrogen-bond acceptors (Lipinski definition) is 7. The lowest BCUT2D eigenvalue weighted by molar-refractivity contribution is -0.118. The molecule has 1 amide bonds. The predicted molar refractivity (Wildman–Crippen MR) is 149 cm³/mol. The molecule has 35 heavy (non-hydrogen) atoms. The molecule has 1 aliphatic heterocycles. The van der Waals surface area contributed by atoms with E-state index in [4.69, 9.17) is 14.5 Å². The fraction of sp³-hybridized carbons (Fsp3) is 0.462. The molecule has 0 aliphatic carbocycles. The van der Waals surface area contributed by atoms with E-state index < -0.39 is 0 Å². The van der Waals surface area contributed by atoms with Crippen LogP contribution in [0.4, 0.5) is 5.13 Å². The summed E-state index contributed by atoms with van der Waals surface area (Å²) in [6.07, 6.45) is 2.29. The van der Waals surface area contributed by atoms with Crippen LogP contribution in [-0.4, -0.2) is 67.5 Å². The Morgan fingerprint density at radius 2 is 1.97 bits per heavy atom. The number of fused-ring (bicyclic) bond motifs is 1. The van der Waals surface area contributed by atoms with Gasteiger partial charge in [-0.05, 0) is 55.9 Å². The first kappa shape index (κ1) is 27.7. The van der Waals surface area contributed by atoms with Gasteiger partial charge >= 0.3 is 0 Å². The number of rotatable bonds is 12. The maximum atomic E-state index is 13.3. The summed E-state index contributed by atoms with van der Waals surface area (Å²) in [5, 5.41) is 0.784. The summed E-state index contributed by atoms with van der Waals surface area (Å²) in [5.74, 6) is 1.92. The lowest BCUT2D eigenvalue weighted by Gasteiger charge is -2.27. The summed E-state index contributed by atoms with van der Waals surface area (Å²) >= 11 is 3.37. The number of halogens is 1. The maximum Gasteiger partial charge on any atom is 0.228 e. The zero-order valence-electron chi connectivity index (χ0n) is 20.2. The van der Waals surface area contributed by atoms with Crippen molar-refractivity contribution < 1.29 is 14.3 Å². The van der Waals surface area contributed by atoms with Crippen molar-refractivity contribution in [2.24, 2.45) is 0 Å². The van der Waals surface area contributed by atoms with E-state index in [9.17, 15) is 4.79 Å². The van der Waals surface area contributed by atoms with Crippen molar-refractivity contribution in [3.63, 3.8) is 0 Å². The molecule has 0 spiro atoms. The highest BCUT2D eigenvalue weighted by Crippen LogP contribution is 2.32. The minimum Gasteiger partial charge on any atom is -0.494 e. The molecule has 2 aromatic carbocycles. The Bertz CT molecular complexity index is 1040. The van der Waals surface area contributed by atoms with E-state index in [-0.39, 0.29) is 18.3 Å². The Labute approximate surface area is 222 Å². The molecular formula is C26H34ClN3O3S2. The quantitative estimate of drug-likeness (QED) is 0.217. The van der Waals surface area contributed by atoms with Crippen LogP contribution in [0.1, 0.15) is 26.2 Å². The van der Waals surface area contributed by atoms with Gasteiger partial charge in [0, 0.05) is 37.5 Å². The number of thiazole rings is 1. The Balaban J connectivity index is 0.00000342. The zero-order chi connectivity index (χ0) is 23.6. The second-order valence-corrected chi connectivity index (χ2v) is 10.4. The third kappa shape index (κ3) is 8.36. The van der Waals surface area contributed by atoms with Crippen molar-refractivity contribution in [3.05, 3.63) is 48.5 Å². The van der Waals surface area contributed by atoms with Gasteiger partial charge in [0.1, 0.15) is 5.75 Å². The molecule has 4 rings (SSSR count). The summed E-state index contributed by atoms with van der Waals surface area (Å²) in [4.78, 5) is 23.7. The molecule has 9 heteroatoms. The lowest BCUT2D eigenvalue weighted by atomic mass is 10.2. The van der Waals surface area contributed by atoms with Crippen molar-refractivity contribution in [1.29, 1.82) is 0 Å². The molecule has 1 saturated heterocycles. The van der Waals surface area contributed by atoms with Crippen molar-refractivity contribution >= 4 is 56.8 Å². The molecule has 6 nitrogen and oxygen atoms in total. The highest BCUT2D eigenvalue weighted by Gasteiger charge is 2.20. The molecule has 2 heterocycles. The Hall–Kier alpha value is -1.84. The average Bonchev–Trinajstić information content (AvgIpc) is 3.29. The van der Waals surface area contributed by atoms with Gasteiger partial charge in [-0.2, -0.15) is 0 Å². The van der Waals surface area contributed by atoms with E-state index in [0.29, 0.717) is 19.6 Å². The van der Waals surface area contributed by atoms with Gasteiger partial charge in [-0.15, -0.1) is 24.2 Å². The van der Waals surface area contributed by atoms with E-state index in [1.807, 2.05) is 48.2 Å². The molecule has 190 valence electrons. The first-order valence-electron chi connectivity index (χ1n) is 12.0. The van der Waals surface area contributed by atoms with Gasteiger partial charge in [0.2, 0.25) is 5.91 Å². The molecule has 0 saturated carbocycles. The second kappa shape index (κ2) is 14.7. The highest BCUT2D eigenvalue weighted by atomic mass is 35.5. The smallest absolute Gasteiger partial charge is 0.228 e. The van der Waals surface area contributed by atoms with Crippen molar-refractivity contribution in [2.75, 3.05) is 56.7 Å². The number of morpholine rings is 1. The number of amides is 1. The number of benzene rings is 2. The molecule has 0 unspecified atom stereocenters. The Morgan fingerprint density at radius 3 is 2.74 bits per heavy atom. The van der Waals surface area contributed by atoms with Gasteiger partial charge in [-0.3, -0.25) is 14.6 Å². The number of ether oxygens (including phenoxy) is 2. The first-order valence-corrected chi connectivity index (χ1v) is 13.8.